The molecule has 1 aromatic carbocycles. The minimum Gasteiger partial charge on any atom is -0.268 e. The van der Waals surface area contributed by atoms with E-state index in [-0.39, 0.29) is 11.6 Å². The first-order valence-corrected chi connectivity index (χ1v) is 7.89. The molecule has 0 unspecified atom stereocenters. The third kappa shape index (κ3) is 2.85. The van der Waals surface area contributed by atoms with Gasteiger partial charge in [0.25, 0.3) is 5.56 Å². The lowest BCUT2D eigenvalue weighted by atomic mass is 9.95. The van der Waals surface area contributed by atoms with Crippen LogP contribution in [0.4, 0.5) is 0 Å². The van der Waals surface area contributed by atoms with E-state index < -0.39 is 0 Å². The van der Waals surface area contributed by atoms with Gasteiger partial charge < -0.3 is 0 Å². The molecule has 1 heterocycles. The Morgan fingerprint density at radius 1 is 1.00 bits per heavy atom. The van der Waals surface area contributed by atoms with E-state index in [2.05, 4.69) is 21.0 Å². The second-order valence-electron chi connectivity index (χ2n) is 5.30. The predicted molar refractivity (Wildman–Crippen MR) is 83.8 cm³/mol. The zero-order valence-corrected chi connectivity index (χ0v) is 12.8. The van der Waals surface area contributed by atoms with Gasteiger partial charge >= 0.3 is 0 Å². The van der Waals surface area contributed by atoms with Crippen molar-refractivity contribution in [2.24, 2.45) is 0 Å². The van der Waals surface area contributed by atoms with E-state index in [1.807, 2.05) is 30.3 Å². The smallest absolute Gasteiger partial charge is 0.267 e. The molecule has 0 amide bonds. The molecule has 3 rings (SSSR count). The highest BCUT2D eigenvalue weighted by molar-refractivity contribution is 9.10. The molecule has 1 fully saturated rings. The van der Waals surface area contributed by atoms with Crippen LogP contribution in [0.2, 0.25) is 0 Å². The Labute approximate surface area is 126 Å². The van der Waals surface area contributed by atoms with Crippen molar-refractivity contribution >= 4 is 15.9 Å². The standard InChI is InChI=1S/C16H17BrN2O/c17-13-8-6-12(7-9-13)15-10-11-16(20)19(18-15)14-4-2-1-3-5-14/h6-11,14H,1-5H2. The lowest BCUT2D eigenvalue weighted by molar-refractivity contribution is 0.319. The SMILES string of the molecule is O=c1ccc(-c2ccc(Br)cc2)nn1C1CCCCC1. The molecular formula is C16H17BrN2O. The zero-order chi connectivity index (χ0) is 13.9. The van der Waals surface area contributed by atoms with Gasteiger partial charge in [-0.1, -0.05) is 47.3 Å². The molecule has 3 nitrogen and oxygen atoms in total. The van der Waals surface area contributed by atoms with Gasteiger partial charge in [0.2, 0.25) is 0 Å². The predicted octanol–water partition coefficient (Wildman–Crippen LogP) is 4.18. The van der Waals surface area contributed by atoms with Crippen LogP contribution in [0.5, 0.6) is 0 Å². The monoisotopic (exact) mass is 332 g/mol. The van der Waals surface area contributed by atoms with Crippen molar-refractivity contribution in [3.8, 4) is 11.3 Å². The van der Waals surface area contributed by atoms with Gasteiger partial charge in [0.1, 0.15) is 0 Å². The van der Waals surface area contributed by atoms with Crippen LogP contribution in [0.25, 0.3) is 11.3 Å². The van der Waals surface area contributed by atoms with E-state index in [9.17, 15) is 4.79 Å². The molecule has 0 radical (unpaired) electrons. The summed E-state index contributed by atoms with van der Waals surface area (Å²) in [6, 6.07) is 11.7. The Morgan fingerprint density at radius 3 is 2.40 bits per heavy atom. The van der Waals surface area contributed by atoms with Crippen LogP contribution in [-0.2, 0) is 0 Å². The van der Waals surface area contributed by atoms with Crippen molar-refractivity contribution in [1.29, 1.82) is 0 Å². The highest BCUT2D eigenvalue weighted by Gasteiger charge is 2.17. The van der Waals surface area contributed by atoms with Crippen molar-refractivity contribution < 1.29 is 0 Å². The summed E-state index contributed by atoms with van der Waals surface area (Å²) in [5.74, 6) is 0. The number of hydrogen-bond donors (Lipinski definition) is 0. The maximum atomic E-state index is 12.0. The first-order valence-electron chi connectivity index (χ1n) is 7.10. The third-order valence-electron chi connectivity index (χ3n) is 3.89. The van der Waals surface area contributed by atoms with E-state index in [1.165, 1.54) is 19.3 Å². The molecule has 0 atom stereocenters. The van der Waals surface area contributed by atoms with Gasteiger partial charge in [-0.2, -0.15) is 5.10 Å². The molecule has 104 valence electrons. The van der Waals surface area contributed by atoms with Gasteiger partial charge in [-0.15, -0.1) is 0 Å². The van der Waals surface area contributed by atoms with Crippen molar-refractivity contribution in [3.63, 3.8) is 0 Å². The molecule has 2 aromatic rings. The van der Waals surface area contributed by atoms with Gasteiger partial charge in [-0.05, 0) is 31.0 Å². The highest BCUT2D eigenvalue weighted by atomic mass is 79.9. The third-order valence-corrected chi connectivity index (χ3v) is 4.41. The topological polar surface area (TPSA) is 34.9 Å². The number of hydrogen-bond acceptors (Lipinski definition) is 2. The number of nitrogens with zero attached hydrogens (tertiary/aromatic N) is 2. The normalized spacial score (nSPS) is 16.2. The van der Waals surface area contributed by atoms with Crippen LogP contribution in [0.1, 0.15) is 38.1 Å². The zero-order valence-electron chi connectivity index (χ0n) is 11.3. The fourth-order valence-corrected chi connectivity index (χ4v) is 3.05. The van der Waals surface area contributed by atoms with Gasteiger partial charge in [0.15, 0.2) is 0 Å². The molecule has 0 spiro atoms. The summed E-state index contributed by atoms with van der Waals surface area (Å²) in [6.07, 6.45) is 5.80. The van der Waals surface area contributed by atoms with Gasteiger partial charge in [0, 0.05) is 16.1 Å². The number of benzene rings is 1. The Balaban J connectivity index is 1.97. The number of rotatable bonds is 2. The van der Waals surface area contributed by atoms with Crippen molar-refractivity contribution in [3.05, 3.63) is 51.2 Å². The molecule has 1 aliphatic carbocycles. The van der Waals surface area contributed by atoms with Crippen LogP contribution < -0.4 is 5.56 Å². The minimum atomic E-state index is 0.0118. The Morgan fingerprint density at radius 2 is 1.70 bits per heavy atom. The minimum absolute atomic E-state index is 0.0118. The summed E-state index contributed by atoms with van der Waals surface area (Å²) in [4.78, 5) is 12.0. The quantitative estimate of drug-likeness (QED) is 0.826. The number of halogens is 1. The van der Waals surface area contributed by atoms with Crippen molar-refractivity contribution in [2.45, 2.75) is 38.1 Å². The lowest BCUT2D eigenvalue weighted by Gasteiger charge is -2.23. The average molecular weight is 333 g/mol. The summed E-state index contributed by atoms with van der Waals surface area (Å²) < 4.78 is 2.73. The highest BCUT2D eigenvalue weighted by Crippen LogP contribution is 2.27. The molecule has 1 aromatic heterocycles. The Kier molecular flexibility index (Phi) is 4.01. The fourth-order valence-electron chi connectivity index (χ4n) is 2.79. The van der Waals surface area contributed by atoms with Crippen LogP contribution in [0.3, 0.4) is 0 Å². The van der Waals surface area contributed by atoms with Crippen LogP contribution in [-0.4, -0.2) is 9.78 Å². The fraction of sp³-hybridized carbons (Fsp3) is 0.375. The Hall–Kier alpha value is -1.42. The largest absolute Gasteiger partial charge is 0.268 e. The molecule has 0 bridgehead atoms. The summed E-state index contributed by atoms with van der Waals surface area (Å²) in [5, 5.41) is 4.58. The molecular weight excluding hydrogens is 316 g/mol. The maximum absolute atomic E-state index is 12.0. The van der Waals surface area contributed by atoms with Crippen molar-refractivity contribution in [1.82, 2.24) is 9.78 Å². The summed E-state index contributed by atoms with van der Waals surface area (Å²) in [6.45, 7) is 0. The molecule has 20 heavy (non-hydrogen) atoms. The molecule has 1 saturated carbocycles. The Bertz CT molecular complexity index is 642. The van der Waals surface area contributed by atoms with Gasteiger partial charge in [-0.3, -0.25) is 4.79 Å². The van der Waals surface area contributed by atoms with Crippen LogP contribution in [0, 0.1) is 0 Å². The van der Waals surface area contributed by atoms with E-state index >= 15 is 0 Å². The molecule has 0 saturated heterocycles. The summed E-state index contributed by atoms with van der Waals surface area (Å²) in [5.41, 5.74) is 1.91. The second-order valence-corrected chi connectivity index (χ2v) is 6.22. The van der Waals surface area contributed by atoms with E-state index in [4.69, 9.17) is 0 Å². The first kappa shape index (κ1) is 13.6. The number of aromatic nitrogens is 2. The first-order chi connectivity index (χ1) is 9.74. The van der Waals surface area contributed by atoms with E-state index in [1.54, 1.807) is 10.7 Å². The molecule has 4 heteroatoms. The molecule has 1 aliphatic rings. The molecule has 0 aliphatic heterocycles. The summed E-state index contributed by atoms with van der Waals surface area (Å²) >= 11 is 3.43. The lowest BCUT2D eigenvalue weighted by Crippen LogP contribution is -2.28. The van der Waals surface area contributed by atoms with Crippen LogP contribution >= 0.6 is 15.9 Å². The average Bonchev–Trinajstić information content (AvgIpc) is 2.50. The van der Waals surface area contributed by atoms with Crippen LogP contribution in [0.15, 0.2) is 45.7 Å². The van der Waals surface area contributed by atoms with E-state index in [0.717, 1.165) is 28.6 Å². The second kappa shape index (κ2) is 5.92. The van der Waals surface area contributed by atoms with Gasteiger partial charge in [0.05, 0.1) is 11.7 Å². The van der Waals surface area contributed by atoms with Gasteiger partial charge in [-0.25, -0.2) is 4.68 Å². The molecule has 0 N–H and O–H groups in total. The maximum Gasteiger partial charge on any atom is 0.267 e. The summed E-state index contributed by atoms with van der Waals surface area (Å²) in [7, 11) is 0. The van der Waals surface area contributed by atoms with E-state index in [0.29, 0.717) is 0 Å². The van der Waals surface area contributed by atoms with Crippen molar-refractivity contribution in [2.75, 3.05) is 0 Å².